The average molecular weight is 450 g/mol. The van der Waals surface area contributed by atoms with Crippen LogP contribution < -0.4 is 5.32 Å². The third-order valence-electron chi connectivity index (χ3n) is 5.14. The van der Waals surface area contributed by atoms with Gasteiger partial charge in [-0.05, 0) is 72.6 Å². The number of benzene rings is 3. The molecular weight excluding hydrogens is 430 g/mol. The zero-order valence-corrected chi connectivity index (χ0v) is 18.0. The van der Waals surface area contributed by atoms with Crippen LogP contribution in [0.2, 0.25) is 5.02 Å². The van der Waals surface area contributed by atoms with E-state index in [1.54, 1.807) is 61.5 Å². The quantitative estimate of drug-likeness (QED) is 0.540. The molecule has 3 aromatic rings. The van der Waals surface area contributed by atoms with Gasteiger partial charge >= 0.3 is 11.9 Å². The summed E-state index contributed by atoms with van der Waals surface area (Å²) in [4.78, 5) is 37.0. The molecule has 0 fully saturated rings. The third kappa shape index (κ3) is 4.65. The lowest BCUT2D eigenvalue weighted by atomic mass is 9.93. The lowest BCUT2D eigenvalue weighted by molar-refractivity contribution is 0.0252. The molecule has 0 aromatic heterocycles. The van der Waals surface area contributed by atoms with E-state index in [1.807, 2.05) is 12.1 Å². The zero-order valence-electron chi connectivity index (χ0n) is 17.3. The molecule has 162 valence electrons. The van der Waals surface area contributed by atoms with Crippen molar-refractivity contribution in [3.8, 4) is 0 Å². The zero-order chi connectivity index (χ0) is 22.7. The van der Waals surface area contributed by atoms with Gasteiger partial charge in [0.2, 0.25) is 0 Å². The van der Waals surface area contributed by atoms with Crippen molar-refractivity contribution >= 4 is 35.1 Å². The topological polar surface area (TPSA) is 81.7 Å². The Morgan fingerprint density at radius 2 is 1.72 bits per heavy atom. The molecule has 0 spiro atoms. The molecule has 6 nitrogen and oxygen atoms in total. The van der Waals surface area contributed by atoms with E-state index in [4.69, 9.17) is 21.1 Å². The van der Waals surface area contributed by atoms with E-state index in [2.05, 4.69) is 5.32 Å². The van der Waals surface area contributed by atoms with Gasteiger partial charge in [0.1, 0.15) is 6.10 Å². The summed E-state index contributed by atoms with van der Waals surface area (Å²) in [7, 11) is 0. The number of rotatable bonds is 5. The first-order valence-electron chi connectivity index (χ1n) is 10.1. The summed E-state index contributed by atoms with van der Waals surface area (Å²) in [5, 5.41) is 3.40. The van der Waals surface area contributed by atoms with Gasteiger partial charge < -0.3 is 14.8 Å². The lowest BCUT2D eigenvalue weighted by Crippen LogP contribution is -2.23. The second-order valence-electron chi connectivity index (χ2n) is 7.27. The van der Waals surface area contributed by atoms with Crippen LogP contribution in [0, 0.1) is 0 Å². The first-order chi connectivity index (χ1) is 15.4. The second kappa shape index (κ2) is 9.24. The largest absolute Gasteiger partial charge is 0.462 e. The molecule has 1 aliphatic heterocycles. The Morgan fingerprint density at radius 3 is 2.41 bits per heavy atom. The lowest BCUT2D eigenvalue weighted by Gasteiger charge is -2.25. The van der Waals surface area contributed by atoms with Crippen LogP contribution in [0.1, 0.15) is 55.2 Å². The Bertz CT molecular complexity index is 1170. The van der Waals surface area contributed by atoms with Gasteiger partial charge in [0.25, 0.3) is 5.91 Å². The van der Waals surface area contributed by atoms with Crippen molar-refractivity contribution < 1.29 is 23.9 Å². The highest BCUT2D eigenvalue weighted by Crippen LogP contribution is 2.31. The van der Waals surface area contributed by atoms with Crippen molar-refractivity contribution in [2.24, 2.45) is 0 Å². The number of esters is 2. The van der Waals surface area contributed by atoms with E-state index in [0.29, 0.717) is 40.4 Å². The number of nitrogens with one attached hydrogen (secondary N) is 1. The maximum Gasteiger partial charge on any atom is 0.339 e. The van der Waals surface area contributed by atoms with Gasteiger partial charge in [-0.2, -0.15) is 0 Å². The van der Waals surface area contributed by atoms with Gasteiger partial charge in [-0.25, -0.2) is 9.59 Å². The van der Waals surface area contributed by atoms with E-state index in [0.717, 1.165) is 11.1 Å². The van der Waals surface area contributed by atoms with Crippen molar-refractivity contribution in [2.45, 2.75) is 19.4 Å². The molecule has 0 saturated carbocycles. The molecule has 1 N–H and O–H groups in total. The molecule has 0 bridgehead atoms. The van der Waals surface area contributed by atoms with Crippen molar-refractivity contribution in [1.29, 1.82) is 0 Å². The highest BCUT2D eigenvalue weighted by molar-refractivity contribution is 6.30. The molecular formula is C25H20ClNO5. The normalized spacial score (nSPS) is 14.8. The number of fused-ring (bicyclic) bond motifs is 1. The molecule has 0 aliphatic carbocycles. The summed E-state index contributed by atoms with van der Waals surface area (Å²) in [6.45, 7) is 2.03. The molecule has 7 heteroatoms. The number of carbonyl (C=O) groups is 3. The van der Waals surface area contributed by atoms with Crippen LogP contribution in [0.5, 0.6) is 0 Å². The standard InChI is InChI=1S/C25H20ClNO5/c1-2-31-24(29)16-5-10-20(11-6-16)27-23(28)17-7-12-21-18(13-17)14-22(32-25(21)30)15-3-8-19(26)9-4-15/h3-13,22H,2,14H2,1H3,(H,27,28)/t22-/m0/s1. The molecule has 4 rings (SSSR count). The maximum absolute atomic E-state index is 12.8. The number of halogens is 1. The van der Waals surface area contributed by atoms with Gasteiger partial charge in [-0.15, -0.1) is 0 Å². The van der Waals surface area contributed by atoms with Crippen LogP contribution >= 0.6 is 11.6 Å². The molecule has 1 heterocycles. The third-order valence-corrected chi connectivity index (χ3v) is 5.39. The molecule has 1 aliphatic rings. The summed E-state index contributed by atoms with van der Waals surface area (Å²) in [6, 6.07) is 18.5. The minimum atomic E-state index is -0.444. The van der Waals surface area contributed by atoms with Gasteiger partial charge in [0.05, 0.1) is 17.7 Å². The fraction of sp³-hybridized carbons (Fsp3) is 0.160. The Hall–Kier alpha value is -3.64. The first kappa shape index (κ1) is 21.6. The van der Waals surface area contributed by atoms with E-state index in [1.165, 1.54) is 0 Å². The van der Waals surface area contributed by atoms with Gasteiger partial charge in [-0.1, -0.05) is 23.7 Å². The molecule has 3 aromatic carbocycles. The fourth-order valence-corrected chi connectivity index (χ4v) is 3.63. The van der Waals surface area contributed by atoms with Gasteiger partial charge in [0, 0.05) is 22.7 Å². The predicted molar refractivity (Wildman–Crippen MR) is 120 cm³/mol. The number of hydrogen-bond donors (Lipinski definition) is 1. The summed E-state index contributed by atoms with van der Waals surface area (Å²) in [6.07, 6.45) is 0.0129. The second-order valence-corrected chi connectivity index (χ2v) is 7.71. The maximum atomic E-state index is 12.8. The molecule has 0 unspecified atom stereocenters. The van der Waals surface area contributed by atoms with Crippen molar-refractivity contribution in [3.63, 3.8) is 0 Å². The van der Waals surface area contributed by atoms with E-state index < -0.39 is 18.0 Å². The summed E-state index contributed by atoms with van der Waals surface area (Å²) >= 11 is 5.95. The van der Waals surface area contributed by atoms with Crippen LogP contribution in [0.15, 0.2) is 66.7 Å². The van der Waals surface area contributed by atoms with E-state index in [-0.39, 0.29) is 5.91 Å². The Balaban J connectivity index is 1.50. The molecule has 0 radical (unpaired) electrons. The number of carbonyl (C=O) groups excluding carboxylic acids is 3. The summed E-state index contributed by atoms with van der Waals surface area (Å²) < 4.78 is 10.5. The van der Waals surface area contributed by atoms with Crippen LogP contribution in [0.3, 0.4) is 0 Å². The number of cyclic esters (lactones) is 1. The molecule has 1 atom stereocenters. The van der Waals surface area contributed by atoms with Crippen LogP contribution in [-0.2, 0) is 15.9 Å². The number of anilines is 1. The highest BCUT2D eigenvalue weighted by atomic mass is 35.5. The highest BCUT2D eigenvalue weighted by Gasteiger charge is 2.28. The van der Waals surface area contributed by atoms with Crippen LogP contribution in [0.25, 0.3) is 0 Å². The molecule has 0 saturated heterocycles. The molecule has 1 amide bonds. The summed E-state index contributed by atoms with van der Waals surface area (Å²) in [5.74, 6) is -1.16. The summed E-state index contributed by atoms with van der Waals surface area (Å²) in [5.41, 5.74) is 3.40. The molecule has 32 heavy (non-hydrogen) atoms. The monoisotopic (exact) mass is 449 g/mol. The van der Waals surface area contributed by atoms with Crippen molar-refractivity contribution in [2.75, 3.05) is 11.9 Å². The van der Waals surface area contributed by atoms with E-state index in [9.17, 15) is 14.4 Å². The Labute approximate surface area is 190 Å². The van der Waals surface area contributed by atoms with Gasteiger partial charge in [0.15, 0.2) is 0 Å². The number of amides is 1. The van der Waals surface area contributed by atoms with Crippen LogP contribution in [0.4, 0.5) is 5.69 Å². The number of hydrogen-bond acceptors (Lipinski definition) is 5. The predicted octanol–water partition coefficient (Wildman–Crippen LogP) is 5.22. The van der Waals surface area contributed by atoms with Crippen molar-refractivity contribution in [1.82, 2.24) is 0 Å². The SMILES string of the molecule is CCOC(=O)c1ccc(NC(=O)c2ccc3c(c2)C[C@@H](c2ccc(Cl)cc2)OC3=O)cc1. The van der Waals surface area contributed by atoms with E-state index >= 15 is 0 Å². The Morgan fingerprint density at radius 1 is 1.03 bits per heavy atom. The van der Waals surface area contributed by atoms with Gasteiger partial charge in [-0.3, -0.25) is 4.79 Å². The number of ether oxygens (including phenoxy) is 2. The first-order valence-corrected chi connectivity index (χ1v) is 10.5. The fourth-order valence-electron chi connectivity index (χ4n) is 3.51. The minimum Gasteiger partial charge on any atom is -0.462 e. The average Bonchev–Trinajstić information content (AvgIpc) is 2.79. The van der Waals surface area contributed by atoms with Crippen LogP contribution in [-0.4, -0.2) is 24.5 Å². The van der Waals surface area contributed by atoms with Crippen molar-refractivity contribution in [3.05, 3.63) is 99.6 Å². The minimum absolute atomic E-state index is 0.294. The Kier molecular flexibility index (Phi) is 6.23. The smallest absolute Gasteiger partial charge is 0.339 e.